The fraction of sp³-hybridized carbons (Fsp3) is 0.727. The third-order valence-electron chi connectivity index (χ3n) is 7.23. The zero-order valence-electron chi connectivity index (χ0n) is 18.0. The number of thiophene rings is 1. The van der Waals surface area contributed by atoms with Crippen molar-refractivity contribution in [2.24, 2.45) is 0 Å². The van der Waals surface area contributed by atoms with E-state index in [4.69, 9.17) is 9.47 Å². The van der Waals surface area contributed by atoms with Gasteiger partial charge in [0.15, 0.2) is 0 Å². The zero-order valence-corrected chi connectivity index (χ0v) is 18.8. The van der Waals surface area contributed by atoms with E-state index in [1.54, 1.807) is 0 Å². The van der Waals surface area contributed by atoms with Crippen molar-refractivity contribution in [3.63, 3.8) is 0 Å². The first-order valence-electron chi connectivity index (χ1n) is 11.2. The number of aliphatic hydroxyl groups is 1. The SMILES string of the molecule is CCc1cc2c(s1)CCO[C@@]21CCN(Cc2cn(C3(CO)CCOC3)nn2)[C@@H](C)C1. The molecule has 2 saturated heterocycles. The van der Waals surface area contributed by atoms with Gasteiger partial charge in [0.25, 0.3) is 0 Å². The molecule has 1 N–H and O–H groups in total. The summed E-state index contributed by atoms with van der Waals surface area (Å²) in [4.78, 5) is 5.50. The molecule has 5 heterocycles. The van der Waals surface area contributed by atoms with Crippen LogP contribution in [-0.2, 0) is 40.0 Å². The smallest absolute Gasteiger partial charge is 0.113 e. The lowest BCUT2D eigenvalue weighted by Crippen LogP contribution is -2.50. The molecule has 1 spiro atoms. The van der Waals surface area contributed by atoms with Crippen molar-refractivity contribution in [1.29, 1.82) is 0 Å². The van der Waals surface area contributed by atoms with Crippen LogP contribution in [0.1, 0.15) is 54.1 Å². The van der Waals surface area contributed by atoms with Crippen LogP contribution < -0.4 is 0 Å². The van der Waals surface area contributed by atoms with E-state index in [9.17, 15) is 5.11 Å². The average Bonchev–Trinajstić information content (AvgIpc) is 3.50. The minimum Gasteiger partial charge on any atom is -0.394 e. The van der Waals surface area contributed by atoms with Crippen LogP contribution in [0.5, 0.6) is 0 Å². The van der Waals surface area contributed by atoms with Gasteiger partial charge in [-0.3, -0.25) is 4.90 Å². The number of hydrogen-bond donors (Lipinski definition) is 1. The monoisotopic (exact) mass is 432 g/mol. The number of hydrogen-bond acceptors (Lipinski definition) is 7. The van der Waals surface area contributed by atoms with Crippen molar-refractivity contribution in [1.82, 2.24) is 19.9 Å². The van der Waals surface area contributed by atoms with Gasteiger partial charge in [-0.25, -0.2) is 4.68 Å². The highest BCUT2D eigenvalue weighted by Crippen LogP contribution is 2.46. The molecular weight excluding hydrogens is 400 g/mol. The Morgan fingerprint density at radius 3 is 2.97 bits per heavy atom. The van der Waals surface area contributed by atoms with Gasteiger partial charge < -0.3 is 14.6 Å². The Bertz CT molecular complexity index is 891. The molecule has 7 nitrogen and oxygen atoms in total. The Morgan fingerprint density at radius 2 is 2.23 bits per heavy atom. The maximum Gasteiger partial charge on any atom is 0.113 e. The molecule has 0 aliphatic carbocycles. The van der Waals surface area contributed by atoms with Crippen LogP contribution in [0.3, 0.4) is 0 Å². The van der Waals surface area contributed by atoms with Gasteiger partial charge in [-0.15, -0.1) is 16.4 Å². The number of fused-ring (bicyclic) bond motifs is 2. The van der Waals surface area contributed by atoms with E-state index >= 15 is 0 Å². The van der Waals surface area contributed by atoms with Crippen molar-refractivity contribution in [3.8, 4) is 0 Å². The first kappa shape index (κ1) is 20.6. The highest BCUT2D eigenvalue weighted by atomic mass is 32.1. The number of aryl methyl sites for hydroxylation is 1. The second-order valence-corrected chi connectivity index (χ2v) is 10.3. The normalized spacial score (nSPS) is 32.0. The van der Waals surface area contributed by atoms with Gasteiger partial charge in [-0.2, -0.15) is 0 Å². The topological polar surface area (TPSA) is 72.6 Å². The summed E-state index contributed by atoms with van der Waals surface area (Å²) in [7, 11) is 0. The molecule has 3 aliphatic rings. The van der Waals surface area contributed by atoms with E-state index in [0.717, 1.165) is 57.5 Å². The minimum absolute atomic E-state index is 0.0263. The molecule has 3 aliphatic heterocycles. The molecule has 0 amide bonds. The minimum atomic E-state index is -0.453. The molecule has 0 saturated carbocycles. The third-order valence-corrected chi connectivity index (χ3v) is 8.57. The number of ether oxygens (including phenoxy) is 2. The maximum atomic E-state index is 9.89. The van der Waals surface area contributed by atoms with Gasteiger partial charge in [-0.1, -0.05) is 12.1 Å². The van der Waals surface area contributed by atoms with Crippen LogP contribution in [-0.4, -0.2) is 64.0 Å². The van der Waals surface area contributed by atoms with Crippen LogP contribution in [0.15, 0.2) is 12.3 Å². The fourth-order valence-corrected chi connectivity index (χ4v) is 6.47. The Labute approximate surface area is 182 Å². The predicted molar refractivity (Wildman–Crippen MR) is 115 cm³/mol. The summed E-state index contributed by atoms with van der Waals surface area (Å²) >= 11 is 1.98. The summed E-state index contributed by atoms with van der Waals surface area (Å²) in [5.41, 5.74) is 1.84. The van der Waals surface area contributed by atoms with E-state index in [0.29, 0.717) is 19.3 Å². The molecule has 2 fully saturated rings. The van der Waals surface area contributed by atoms with Gasteiger partial charge >= 0.3 is 0 Å². The van der Waals surface area contributed by atoms with Crippen LogP contribution in [0, 0.1) is 0 Å². The third kappa shape index (κ3) is 3.42. The van der Waals surface area contributed by atoms with E-state index in [1.807, 2.05) is 22.2 Å². The number of nitrogens with zero attached hydrogens (tertiary/aromatic N) is 4. The predicted octanol–water partition coefficient (Wildman–Crippen LogP) is 2.46. The Balaban J connectivity index is 1.29. The molecule has 2 aromatic rings. The molecule has 3 atom stereocenters. The van der Waals surface area contributed by atoms with E-state index in [1.165, 1.54) is 15.3 Å². The number of aliphatic hydroxyl groups excluding tert-OH is 1. The van der Waals surface area contributed by atoms with E-state index < -0.39 is 5.54 Å². The maximum absolute atomic E-state index is 9.89. The molecule has 0 radical (unpaired) electrons. The van der Waals surface area contributed by atoms with Crippen molar-refractivity contribution in [3.05, 3.63) is 33.3 Å². The first-order chi connectivity index (χ1) is 14.6. The molecule has 30 heavy (non-hydrogen) atoms. The highest BCUT2D eigenvalue weighted by Gasteiger charge is 2.44. The fourth-order valence-electron chi connectivity index (χ4n) is 5.30. The average molecular weight is 433 g/mol. The number of aromatic nitrogens is 3. The number of piperidine rings is 1. The molecule has 8 heteroatoms. The lowest BCUT2D eigenvalue weighted by molar-refractivity contribution is -0.112. The Hall–Kier alpha value is -1.32. The largest absolute Gasteiger partial charge is 0.394 e. The molecule has 2 aromatic heterocycles. The first-order valence-corrected chi connectivity index (χ1v) is 12.0. The van der Waals surface area contributed by atoms with Crippen LogP contribution in [0.4, 0.5) is 0 Å². The van der Waals surface area contributed by atoms with Gasteiger partial charge in [0.1, 0.15) is 5.54 Å². The van der Waals surface area contributed by atoms with Crippen LogP contribution >= 0.6 is 11.3 Å². The summed E-state index contributed by atoms with van der Waals surface area (Å²) in [6.07, 6.45) is 6.96. The standard InChI is InChI=1S/C22H32N4O3S/c1-3-18-10-19-20(30-18)4-8-29-22(19)5-7-25(16(2)11-22)12-17-13-26(24-23-17)21(14-27)6-9-28-15-21/h10,13,16,27H,3-9,11-12,14-15H2,1-2H3/t16-,21?,22+/m0/s1. The summed E-state index contributed by atoms with van der Waals surface area (Å²) in [5, 5.41) is 18.6. The van der Waals surface area contributed by atoms with Crippen molar-refractivity contribution in [2.45, 2.75) is 69.7 Å². The molecule has 0 aromatic carbocycles. The lowest BCUT2D eigenvalue weighted by Gasteiger charge is -2.47. The second kappa shape index (κ2) is 7.98. The number of rotatable bonds is 5. The van der Waals surface area contributed by atoms with Crippen molar-refractivity contribution >= 4 is 11.3 Å². The van der Waals surface area contributed by atoms with Crippen molar-refractivity contribution < 1.29 is 14.6 Å². The summed E-state index contributed by atoms with van der Waals surface area (Å²) in [5.74, 6) is 0. The summed E-state index contributed by atoms with van der Waals surface area (Å²) < 4.78 is 13.8. The van der Waals surface area contributed by atoms with Crippen LogP contribution in [0.2, 0.25) is 0 Å². The van der Waals surface area contributed by atoms with Gasteiger partial charge in [0, 0.05) is 48.3 Å². The quantitative estimate of drug-likeness (QED) is 0.783. The summed E-state index contributed by atoms with van der Waals surface area (Å²) in [6, 6.07) is 2.81. The molecule has 5 rings (SSSR count). The molecule has 164 valence electrons. The Morgan fingerprint density at radius 1 is 1.33 bits per heavy atom. The van der Waals surface area contributed by atoms with Gasteiger partial charge in [0.2, 0.25) is 0 Å². The molecular formula is C22H32N4O3S. The van der Waals surface area contributed by atoms with Crippen LogP contribution in [0.25, 0.3) is 0 Å². The van der Waals surface area contributed by atoms with Crippen molar-refractivity contribution in [2.75, 3.05) is 33.0 Å². The highest BCUT2D eigenvalue weighted by molar-refractivity contribution is 7.12. The lowest BCUT2D eigenvalue weighted by atomic mass is 9.79. The van der Waals surface area contributed by atoms with Gasteiger partial charge in [-0.05, 0) is 37.8 Å². The van der Waals surface area contributed by atoms with E-state index in [2.05, 4.69) is 35.1 Å². The van der Waals surface area contributed by atoms with Gasteiger partial charge in [0.05, 0.1) is 37.3 Å². The molecule has 0 bridgehead atoms. The summed E-state index contributed by atoms with van der Waals surface area (Å²) in [6.45, 7) is 8.31. The second-order valence-electron chi connectivity index (χ2n) is 9.11. The molecule has 1 unspecified atom stereocenters. The van der Waals surface area contributed by atoms with E-state index in [-0.39, 0.29) is 12.2 Å². The number of likely N-dealkylation sites (tertiary alicyclic amines) is 1. The Kier molecular flexibility index (Phi) is 5.48. The zero-order chi connectivity index (χ0) is 20.8.